The smallest absolute Gasteiger partial charge is 0.256 e. The van der Waals surface area contributed by atoms with E-state index in [1.165, 1.54) is 24.6 Å². The fourth-order valence-corrected chi connectivity index (χ4v) is 4.98. The monoisotopic (exact) mass is 388 g/mol. The Morgan fingerprint density at radius 2 is 1.79 bits per heavy atom. The number of ether oxygens (including phenoxy) is 1. The van der Waals surface area contributed by atoms with Gasteiger partial charge in [-0.15, -0.1) is 0 Å². The summed E-state index contributed by atoms with van der Waals surface area (Å²) in [6, 6.07) is 5.22. The molecule has 1 unspecified atom stereocenters. The van der Waals surface area contributed by atoms with Crippen LogP contribution in [0.4, 0.5) is 4.39 Å². The molecular formula is C22H29FN2O3. The van der Waals surface area contributed by atoms with Crippen LogP contribution in [0, 0.1) is 5.82 Å². The number of rotatable bonds is 3. The summed E-state index contributed by atoms with van der Waals surface area (Å²) in [5, 5.41) is 3.14. The van der Waals surface area contributed by atoms with Gasteiger partial charge in [-0.25, -0.2) is 4.39 Å². The lowest BCUT2D eigenvalue weighted by atomic mass is 9.89. The topological polar surface area (TPSA) is 58.6 Å². The zero-order valence-electron chi connectivity index (χ0n) is 16.3. The van der Waals surface area contributed by atoms with E-state index in [1.807, 2.05) is 0 Å². The van der Waals surface area contributed by atoms with Gasteiger partial charge in [0, 0.05) is 11.6 Å². The van der Waals surface area contributed by atoms with E-state index in [2.05, 4.69) is 5.32 Å². The summed E-state index contributed by atoms with van der Waals surface area (Å²) in [6.45, 7) is 0.208. The largest absolute Gasteiger partial charge is 0.353 e. The van der Waals surface area contributed by atoms with E-state index in [9.17, 15) is 14.0 Å². The minimum atomic E-state index is -0.740. The quantitative estimate of drug-likeness (QED) is 0.857. The van der Waals surface area contributed by atoms with Crippen LogP contribution < -0.4 is 5.32 Å². The number of halogens is 1. The Hall–Kier alpha value is -1.95. The SMILES string of the molecule is O=C(NC1CCCCC1)C1COC2(CCCCC2)N1C(=O)c1cccc(F)c1. The normalized spacial score (nSPS) is 25.0. The maximum absolute atomic E-state index is 13.7. The second-order valence-corrected chi connectivity index (χ2v) is 8.36. The summed E-state index contributed by atoms with van der Waals surface area (Å²) in [5.41, 5.74) is -0.470. The van der Waals surface area contributed by atoms with Crippen molar-refractivity contribution in [3.63, 3.8) is 0 Å². The Bertz CT molecular complexity index is 726. The van der Waals surface area contributed by atoms with Crippen LogP contribution in [-0.2, 0) is 9.53 Å². The number of carbonyl (C=O) groups excluding carboxylic acids is 2. The first-order chi connectivity index (χ1) is 13.6. The number of amides is 2. The maximum atomic E-state index is 13.7. The predicted molar refractivity (Wildman–Crippen MR) is 103 cm³/mol. The van der Waals surface area contributed by atoms with Crippen LogP contribution in [0.5, 0.6) is 0 Å². The summed E-state index contributed by atoms with van der Waals surface area (Å²) in [7, 11) is 0. The molecule has 2 amide bonds. The first kappa shape index (κ1) is 19.4. The molecule has 1 aromatic carbocycles. The van der Waals surface area contributed by atoms with Gasteiger partial charge in [0.25, 0.3) is 5.91 Å². The van der Waals surface area contributed by atoms with Crippen molar-refractivity contribution in [2.75, 3.05) is 6.61 Å². The second kappa shape index (κ2) is 8.19. The molecule has 0 bridgehead atoms. The highest BCUT2D eigenvalue weighted by atomic mass is 19.1. The zero-order valence-corrected chi connectivity index (χ0v) is 16.3. The van der Waals surface area contributed by atoms with E-state index in [1.54, 1.807) is 11.0 Å². The standard InChI is InChI=1S/C22H29FN2O3/c23-17-9-7-8-16(14-17)21(27)25-19(15-28-22(25)12-5-2-6-13-22)20(26)24-18-10-3-1-4-11-18/h7-9,14,18-19H,1-6,10-13,15H2,(H,24,26). The molecule has 3 fully saturated rings. The highest BCUT2D eigenvalue weighted by Crippen LogP contribution is 2.41. The third-order valence-electron chi connectivity index (χ3n) is 6.44. The Morgan fingerprint density at radius 3 is 2.50 bits per heavy atom. The van der Waals surface area contributed by atoms with Crippen molar-refractivity contribution in [1.82, 2.24) is 10.2 Å². The van der Waals surface area contributed by atoms with Crippen LogP contribution in [0.25, 0.3) is 0 Å². The average molecular weight is 388 g/mol. The van der Waals surface area contributed by atoms with Gasteiger partial charge in [0.2, 0.25) is 5.91 Å². The molecule has 4 rings (SSSR count). The molecule has 1 saturated heterocycles. The Labute approximate surface area is 165 Å². The van der Waals surface area contributed by atoms with Gasteiger partial charge in [-0.3, -0.25) is 14.5 Å². The Kier molecular flexibility index (Phi) is 5.67. The predicted octanol–water partition coefficient (Wildman–Crippen LogP) is 3.78. The number of nitrogens with one attached hydrogen (secondary N) is 1. The average Bonchev–Trinajstić information content (AvgIpc) is 3.07. The zero-order chi connectivity index (χ0) is 19.6. The van der Waals surface area contributed by atoms with Gasteiger partial charge in [-0.05, 0) is 56.7 Å². The van der Waals surface area contributed by atoms with E-state index >= 15 is 0 Å². The molecule has 0 aromatic heterocycles. The van der Waals surface area contributed by atoms with E-state index < -0.39 is 17.6 Å². The molecule has 2 aliphatic carbocycles. The van der Waals surface area contributed by atoms with Crippen LogP contribution in [0.1, 0.15) is 74.6 Å². The van der Waals surface area contributed by atoms with Gasteiger partial charge in [0.15, 0.2) is 0 Å². The van der Waals surface area contributed by atoms with Crippen LogP contribution in [0.2, 0.25) is 0 Å². The first-order valence-electron chi connectivity index (χ1n) is 10.6. The number of nitrogens with zero attached hydrogens (tertiary/aromatic N) is 1. The number of benzene rings is 1. The van der Waals surface area contributed by atoms with Crippen LogP contribution in [0.3, 0.4) is 0 Å². The summed E-state index contributed by atoms with van der Waals surface area (Å²) in [4.78, 5) is 28.1. The van der Waals surface area contributed by atoms with Crippen LogP contribution in [-0.4, -0.2) is 41.1 Å². The molecule has 152 valence electrons. The fraction of sp³-hybridized carbons (Fsp3) is 0.636. The van der Waals surface area contributed by atoms with Gasteiger partial charge >= 0.3 is 0 Å². The van der Waals surface area contributed by atoms with Crippen molar-refractivity contribution < 1.29 is 18.7 Å². The lowest BCUT2D eigenvalue weighted by Crippen LogP contribution is -2.57. The number of hydrogen-bond donors (Lipinski definition) is 1. The number of carbonyl (C=O) groups is 2. The summed E-state index contributed by atoms with van der Waals surface area (Å²) in [6.07, 6.45) is 9.92. The van der Waals surface area contributed by atoms with Crippen molar-refractivity contribution in [3.8, 4) is 0 Å². The van der Waals surface area contributed by atoms with Gasteiger partial charge in [0.1, 0.15) is 17.6 Å². The fourth-order valence-electron chi connectivity index (χ4n) is 4.98. The summed E-state index contributed by atoms with van der Waals surface area (Å²) in [5.74, 6) is -0.909. The highest BCUT2D eigenvalue weighted by molar-refractivity contribution is 5.98. The molecule has 1 atom stereocenters. The Balaban J connectivity index is 1.59. The van der Waals surface area contributed by atoms with Gasteiger partial charge in [0.05, 0.1) is 6.61 Å². The summed E-state index contributed by atoms with van der Waals surface area (Å²) >= 11 is 0. The minimum absolute atomic E-state index is 0.140. The molecule has 2 saturated carbocycles. The Morgan fingerprint density at radius 1 is 1.07 bits per heavy atom. The number of hydrogen-bond acceptors (Lipinski definition) is 3. The molecule has 1 N–H and O–H groups in total. The third kappa shape index (κ3) is 3.79. The van der Waals surface area contributed by atoms with Crippen LogP contribution >= 0.6 is 0 Å². The minimum Gasteiger partial charge on any atom is -0.353 e. The lowest BCUT2D eigenvalue weighted by molar-refractivity contribution is -0.128. The van der Waals surface area contributed by atoms with E-state index in [4.69, 9.17) is 4.74 Å². The molecular weight excluding hydrogens is 359 g/mol. The van der Waals surface area contributed by atoms with Crippen molar-refractivity contribution in [3.05, 3.63) is 35.6 Å². The van der Waals surface area contributed by atoms with Crippen molar-refractivity contribution in [2.24, 2.45) is 0 Å². The first-order valence-corrected chi connectivity index (χ1v) is 10.6. The van der Waals surface area contributed by atoms with Gasteiger partial charge in [-0.1, -0.05) is 31.7 Å². The third-order valence-corrected chi connectivity index (χ3v) is 6.44. The van der Waals surface area contributed by atoms with Crippen LogP contribution in [0.15, 0.2) is 24.3 Å². The molecule has 1 spiro atoms. The molecule has 1 aliphatic heterocycles. The lowest BCUT2D eigenvalue weighted by Gasteiger charge is -2.41. The van der Waals surface area contributed by atoms with Crippen molar-refractivity contribution >= 4 is 11.8 Å². The molecule has 3 aliphatic rings. The van der Waals surface area contributed by atoms with Gasteiger partial charge in [-0.2, -0.15) is 0 Å². The maximum Gasteiger partial charge on any atom is 0.256 e. The highest BCUT2D eigenvalue weighted by Gasteiger charge is 2.53. The molecule has 5 nitrogen and oxygen atoms in total. The van der Waals surface area contributed by atoms with Gasteiger partial charge < -0.3 is 10.1 Å². The van der Waals surface area contributed by atoms with E-state index in [0.717, 1.165) is 57.8 Å². The van der Waals surface area contributed by atoms with E-state index in [0.29, 0.717) is 0 Å². The second-order valence-electron chi connectivity index (χ2n) is 8.36. The van der Waals surface area contributed by atoms with E-state index in [-0.39, 0.29) is 30.0 Å². The molecule has 1 heterocycles. The molecule has 6 heteroatoms. The molecule has 28 heavy (non-hydrogen) atoms. The van der Waals surface area contributed by atoms with Crippen molar-refractivity contribution in [1.29, 1.82) is 0 Å². The molecule has 1 aromatic rings. The molecule has 0 radical (unpaired) electrons. The van der Waals surface area contributed by atoms with Crippen molar-refractivity contribution in [2.45, 2.75) is 82.0 Å². The summed E-state index contributed by atoms with van der Waals surface area (Å²) < 4.78 is 19.9.